The Labute approximate surface area is 167 Å². The standard InChI is InChI=1S/C17H29N2O9P/c1-5-16(3,28-29(25,26)17(4,24)6-2)7-10-11(20)12(21)13(27-10)9-8-18-15(23)19-14(9)22/h8,10-13,20-21,24H,5-7H2,1-4H3,(H,25,26)(H2,18,19,22,23)/t10-,11-,12-,13+,16?,17?/m1/s1. The molecule has 11 nitrogen and oxygen atoms in total. The smallest absolute Gasteiger partial charge is 0.359 e. The van der Waals surface area contributed by atoms with E-state index in [1.807, 2.05) is 4.98 Å². The van der Waals surface area contributed by atoms with Crippen LogP contribution in [0.4, 0.5) is 0 Å². The van der Waals surface area contributed by atoms with E-state index in [2.05, 4.69) is 4.98 Å². The number of aliphatic hydroxyl groups is 3. The summed E-state index contributed by atoms with van der Waals surface area (Å²) in [5.74, 6) is 0. The van der Waals surface area contributed by atoms with Crippen LogP contribution in [0.25, 0.3) is 0 Å². The first-order valence-corrected chi connectivity index (χ1v) is 10.9. The maximum atomic E-state index is 12.6. The number of nitrogens with one attached hydrogen (secondary N) is 2. The van der Waals surface area contributed by atoms with E-state index in [9.17, 15) is 34.4 Å². The monoisotopic (exact) mass is 436 g/mol. The van der Waals surface area contributed by atoms with Crippen LogP contribution in [-0.2, 0) is 13.8 Å². The third-order valence-electron chi connectivity index (χ3n) is 5.52. The third-order valence-corrected chi connectivity index (χ3v) is 7.74. The van der Waals surface area contributed by atoms with Crippen molar-refractivity contribution in [3.8, 4) is 0 Å². The number of hydrogen-bond donors (Lipinski definition) is 6. The van der Waals surface area contributed by atoms with Crippen LogP contribution in [0.5, 0.6) is 0 Å². The largest absolute Gasteiger partial charge is 0.388 e. The normalized spacial score (nSPS) is 31.0. The van der Waals surface area contributed by atoms with Gasteiger partial charge in [0.2, 0.25) is 0 Å². The molecule has 2 rings (SSSR count). The molecule has 0 radical (unpaired) electrons. The number of aromatic amines is 2. The molecule has 0 saturated carbocycles. The van der Waals surface area contributed by atoms with Crippen molar-refractivity contribution in [3.63, 3.8) is 0 Å². The maximum absolute atomic E-state index is 12.6. The molecule has 6 N–H and O–H groups in total. The Balaban J connectivity index is 2.24. The molecule has 7 atom stereocenters. The zero-order valence-electron chi connectivity index (χ0n) is 16.8. The molecule has 1 aliphatic heterocycles. The van der Waals surface area contributed by atoms with Gasteiger partial charge >= 0.3 is 13.3 Å². The van der Waals surface area contributed by atoms with Gasteiger partial charge in [0.25, 0.3) is 5.56 Å². The summed E-state index contributed by atoms with van der Waals surface area (Å²) >= 11 is 0. The molecule has 1 aromatic heterocycles. The molecule has 12 heteroatoms. The predicted octanol–water partition coefficient (Wildman–Crippen LogP) is 0.104. The lowest BCUT2D eigenvalue weighted by Gasteiger charge is -2.37. The van der Waals surface area contributed by atoms with Crippen molar-refractivity contribution in [3.05, 3.63) is 32.6 Å². The molecular formula is C17H29N2O9P. The molecule has 0 spiro atoms. The number of aromatic nitrogens is 2. The van der Waals surface area contributed by atoms with Crippen molar-refractivity contribution in [2.24, 2.45) is 0 Å². The van der Waals surface area contributed by atoms with Gasteiger partial charge in [0.05, 0.1) is 17.3 Å². The van der Waals surface area contributed by atoms with Gasteiger partial charge in [0.1, 0.15) is 18.3 Å². The zero-order valence-corrected chi connectivity index (χ0v) is 17.7. The van der Waals surface area contributed by atoms with E-state index in [4.69, 9.17) is 9.26 Å². The zero-order chi connectivity index (χ0) is 22.2. The SMILES string of the molecule is CCC(C)(C[C@H]1O[C@@H](c2c[nH]c(=O)[nH]c2=O)[C@H](O)[C@@H]1O)OP(=O)(O)C(C)(O)CC. The minimum Gasteiger partial charge on any atom is -0.388 e. The lowest BCUT2D eigenvalue weighted by molar-refractivity contribution is -0.0533. The number of ether oxygens (including phenoxy) is 1. The van der Waals surface area contributed by atoms with Gasteiger partial charge in [-0.25, -0.2) is 4.79 Å². The van der Waals surface area contributed by atoms with Crippen LogP contribution in [0.15, 0.2) is 15.8 Å². The number of hydrogen-bond acceptors (Lipinski definition) is 8. The number of aliphatic hydroxyl groups excluding tert-OH is 2. The third kappa shape index (κ3) is 4.88. The topological polar surface area (TPSA) is 182 Å². The molecule has 1 aliphatic rings. The van der Waals surface area contributed by atoms with Crippen molar-refractivity contribution in [2.45, 2.75) is 82.3 Å². The molecule has 1 aromatic rings. The highest BCUT2D eigenvalue weighted by atomic mass is 31.2. The molecule has 3 unspecified atom stereocenters. The van der Waals surface area contributed by atoms with Crippen LogP contribution in [0.2, 0.25) is 0 Å². The Hall–Kier alpha value is -1.33. The van der Waals surface area contributed by atoms with Gasteiger partial charge in [-0.15, -0.1) is 0 Å². The van der Waals surface area contributed by atoms with Gasteiger partial charge in [-0.2, -0.15) is 0 Å². The molecule has 0 aromatic carbocycles. The van der Waals surface area contributed by atoms with Crippen molar-refractivity contribution >= 4 is 7.60 Å². The average Bonchev–Trinajstić information content (AvgIpc) is 2.89. The second-order valence-corrected chi connectivity index (χ2v) is 9.98. The minimum atomic E-state index is -4.45. The predicted molar refractivity (Wildman–Crippen MR) is 102 cm³/mol. The van der Waals surface area contributed by atoms with Gasteiger partial charge in [0.15, 0.2) is 5.34 Å². The van der Waals surface area contributed by atoms with E-state index in [-0.39, 0.29) is 24.8 Å². The molecule has 2 heterocycles. The Morgan fingerprint density at radius 2 is 1.83 bits per heavy atom. The molecule has 1 fully saturated rings. The molecular weight excluding hydrogens is 407 g/mol. The van der Waals surface area contributed by atoms with Crippen molar-refractivity contribution in [2.75, 3.05) is 0 Å². The van der Waals surface area contributed by atoms with Gasteiger partial charge in [0, 0.05) is 12.6 Å². The van der Waals surface area contributed by atoms with Gasteiger partial charge < -0.3 is 34.5 Å². The van der Waals surface area contributed by atoms with Crippen molar-refractivity contribution in [1.29, 1.82) is 0 Å². The summed E-state index contributed by atoms with van der Waals surface area (Å²) in [6, 6.07) is 0. The number of H-pyrrole nitrogens is 2. The Morgan fingerprint density at radius 3 is 2.34 bits per heavy atom. The molecule has 166 valence electrons. The van der Waals surface area contributed by atoms with Crippen LogP contribution in [-0.4, -0.2) is 59.4 Å². The highest BCUT2D eigenvalue weighted by Gasteiger charge is 2.50. The fraction of sp³-hybridized carbons (Fsp3) is 0.765. The summed E-state index contributed by atoms with van der Waals surface area (Å²) in [5.41, 5.74) is -2.84. The van der Waals surface area contributed by atoms with Crippen molar-refractivity contribution < 1.29 is 34.0 Å². The first-order valence-electron chi connectivity index (χ1n) is 9.36. The second-order valence-electron chi connectivity index (χ2n) is 7.79. The van der Waals surface area contributed by atoms with Gasteiger partial charge in [-0.05, 0) is 26.7 Å². The van der Waals surface area contributed by atoms with Gasteiger partial charge in [-0.3, -0.25) is 14.3 Å². The molecule has 0 aliphatic carbocycles. The summed E-state index contributed by atoms with van der Waals surface area (Å²) in [5, 5.41) is 29.0. The first kappa shape index (κ1) is 23.9. The van der Waals surface area contributed by atoms with E-state index in [0.29, 0.717) is 0 Å². The van der Waals surface area contributed by atoms with Crippen LogP contribution < -0.4 is 11.2 Å². The van der Waals surface area contributed by atoms with Crippen LogP contribution >= 0.6 is 7.60 Å². The average molecular weight is 436 g/mol. The lowest BCUT2D eigenvalue weighted by Crippen LogP contribution is -2.40. The number of rotatable bonds is 8. The van der Waals surface area contributed by atoms with E-state index < -0.39 is 54.2 Å². The summed E-state index contributed by atoms with van der Waals surface area (Å²) in [6.07, 6.45) is -3.89. The highest BCUT2D eigenvalue weighted by Crippen LogP contribution is 2.59. The van der Waals surface area contributed by atoms with Crippen molar-refractivity contribution in [1.82, 2.24) is 9.97 Å². The second kappa shape index (κ2) is 8.43. The molecule has 0 amide bonds. The highest BCUT2D eigenvalue weighted by molar-refractivity contribution is 7.54. The Morgan fingerprint density at radius 1 is 1.21 bits per heavy atom. The molecule has 0 bridgehead atoms. The fourth-order valence-corrected chi connectivity index (χ4v) is 4.47. The van der Waals surface area contributed by atoms with Crippen LogP contribution in [0.3, 0.4) is 0 Å². The quantitative estimate of drug-likeness (QED) is 0.308. The molecule has 29 heavy (non-hydrogen) atoms. The van der Waals surface area contributed by atoms with E-state index in [0.717, 1.165) is 6.20 Å². The van der Waals surface area contributed by atoms with Crippen LogP contribution in [0.1, 0.15) is 58.6 Å². The maximum Gasteiger partial charge on any atom is 0.359 e. The van der Waals surface area contributed by atoms with Gasteiger partial charge in [-0.1, -0.05) is 13.8 Å². The fourth-order valence-electron chi connectivity index (χ4n) is 3.07. The Bertz CT molecular complexity index is 882. The lowest BCUT2D eigenvalue weighted by atomic mass is 9.92. The summed E-state index contributed by atoms with van der Waals surface area (Å²) in [4.78, 5) is 37.7. The summed E-state index contributed by atoms with van der Waals surface area (Å²) in [7, 11) is -4.45. The molecule has 1 saturated heterocycles. The summed E-state index contributed by atoms with van der Waals surface area (Å²) in [6.45, 7) is 5.97. The minimum absolute atomic E-state index is 0.0150. The first-order chi connectivity index (χ1) is 13.3. The van der Waals surface area contributed by atoms with Crippen LogP contribution in [0, 0.1) is 0 Å². The Kier molecular flexibility index (Phi) is 6.96. The summed E-state index contributed by atoms with van der Waals surface area (Å²) < 4.78 is 23.7. The van der Waals surface area contributed by atoms with E-state index in [1.54, 1.807) is 13.8 Å². The van der Waals surface area contributed by atoms with E-state index in [1.165, 1.54) is 13.8 Å². The van der Waals surface area contributed by atoms with E-state index >= 15 is 0 Å².